The lowest BCUT2D eigenvalue weighted by Gasteiger charge is -2.02. The maximum atomic E-state index is 11.3. The number of aliphatic hydroxyl groups excluding tert-OH is 1. The van der Waals surface area contributed by atoms with Gasteiger partial charge in [0, 0.05) is 25.8 Å². The number of nitrogens with one attached hydrogen (secondary N) is 1. The highest BCUT2D eigenvalue weighted by molar-refractivity contribution is 5.87. The maximum Gasteiger partial charge on any atom is 0.220 e. The van der Waals surface area contributed by atoms with Crippen LogP contribution in [0.15, 0.2) is 0 Å². The van der Waals surface area contributed by atoms with E-state index in [0.717, 1.165) is 0 Å². The lowest BCUT2D eigenvalue weighted by atomic mass is 10.1. The standard InChI is InChI=1S/C13H20N2O4/c14-11(7-9-16)12(18)5-3-1-2-4-6-13(19)15-8-10-17/h9,11,17H,2,4-8,10,14H2,(H,15,19). The van der Waals surface area contributed by atoms with Gasteiger partial charge < -0.3 is 21.0 Å². The van der Waals surface area contributed by atoms with Crippen molar-refractivity contribution >= 4 is 18.0 Å². The quantitative estimate of drug-likeness (QED) is 0.286. The van der Waals surface area contributed by atoms with Crippen LogP contribution in [0.1, 0.15) is 32.1 Å². The van der Waals surface area contributed by atoms with Gasteiger partial charge in [-0.3, -0.25) is 9.59 Å². The van der Waals surface area contributed by atoms with Crippen LogP contribution < -0.4 is 11.1 Å². The van der Waals surface area contributed by atoms with Gasteiger partial charge in [0.05, 0.1) is 19.1 Å². The molecule has 0 aromatic carbocycles. The molecule has 19 heavy (non-hydrogen) atoms. The number of nitrogens with two attached hydrogens (primary N) is 1. The predicted octanol–water partition coefficient (Wildman–Crippen LogP) is -0.856. The lowest BCUT2D eigenvalue weighted by Crippen LogP contribution is -2.30. The molecule has 106 valence electrons. The Labute approximate surface area is 112 Å². The molecule has 0 aromatic rings. The summed E-state index contributed by atoms with van der Waals surface area (Å²) in [6.07, 6.45) is 2.12. The largest absolute Gasteiger partial charge is 0.395 e. The number of hydrogen-bond acceptors (Lipinski definition) is 5. The second-order valence-electron chi connectivity index (χ2n) is 3.93. The minimum absolute atomic E-state index is 0.0194. The summed E-state index contributed by atoms with van der Waals surface area (Å²) in [6, 6.07) is -0.768. The monoisotopic (exact) mass is 268 g/mol. The number of carbonyl (C=O) groups is 3. The molecule has 0 bridgehead atoms. The summed E-state index contributed by atoms with van der Waals surface area (Å²) < 4.78 is 0. The fraction of sp³-hybridized carbons (Fsp3) is 0.615. The van der Waals surface area contributed by atoms with Crippen LogP contribution in [0.3, 0.4) is 0 Å². The number of carbonyl (C=O) groups excluding carboxylic acids is 3. The highest BCUT2D eigenvalue weighted by Crippen LogP contribution is 1.95. The van der Waals surface area contributed by atoms with Crippen LogP contribution in [-0.2, 0) is 14.4 Å². The zero-order chi connectivity index (χ0) is 14.5. The van der Waals surface area contributed by atoms with E-state index < -0.39 is 6.04 Å². The number of hydrogen-bond donors (Lipinski definition) is 3. The van der Waals surface area contributed by atoms with Crippen molar-refractivity contribution in [2.75, 3.05) is 13.2 Å². The average molecular weight is 268 g/mol. The molecule has 0 fully saturated rings. The van der Waals surface area contributed by atoms with Gasteiger partial charge in [0.15, 0.2) is 5.78 Å². The second kappa shape index (κ2) is 11.4. The first kappa shape index (κ1) is 17.3. The minimum atomic E-state index is -0.768. The Kier molecular flexibility index (Phi) is 10.4. The van der Waals surface area contributed by atoms with Crippen molar-refractivity contribution in [3.05, 3.63) is 0 Å². The molecule has 1 amide bonds. The molecule has 0 heterocycles. The number of amides is 1. The molecular weight excluding hydrogens is 248 g/mol. The molecule has 0 saturated carbocycles. The highest BCUT2D eigenvalue weighted by atomic mass is 16.3. The SMILES string of the molecule is NC(CC=O)C(=O)CC#CCCCC(=O)NCCO. The van der Waals surface area contributed by atoms with Crippen molar-refractivity contribution in [1.82, 2.24) is 5.32 Å². The number of unbranched alkanes of at least 4 members (excludes halogenated alkanes) is 1. The molecule has 0 spiro atoms. The van der Waals surface area contributed by atoms with Crippen LogP contribution in [0.5, 0.6) is 0 Å². The third-order valence-electron chi connectivity index (χ3n) is 2.29. The number of aldehydes is 1. The van der Waals surface area contributed by atoms with E-state index in [9.17, 15) is 14.4 Å². The fourth-order valence-electron chi connectivity index (χ4n) is 1.23. The lowest BCUT2D eigenvalue weighted by molar-refractivity contribution is -0.121. The van der Waals surface area contributed by atoms with Gasteiger partial charge in [-0.2, -0.15) is 0 Å². The molecule has 1 atom stereocenters. The van der Waals surface area contributed by atoms with Gasteiger partial charge in [0.25, 0.3) is 0 Å². The molecule has 0 aliphatic rings. The fourth-order valence-corrected chi connectivity index (χ4v) is 1.23. The summed E-state index contributed by atoms with van der Waals surface area (Å²) in [4.78, 5) is 32.6. The third-order valence-corrected chi connectivity index (χ3v) is 2.29. The van der Waals surface area contributed by atoms with Gasteiger partial charge in [-0.05, 0) is 6.42 Å². The Morgan fingerprint density at radius 1 is 1.37 bits per heavy atom. The second-order valence-corrected chi connectivity index (χ2v) is 3.93. The van der Waals surface area contributed by atoms with Crippen molar-refractivity contribution in [3.8, 4) is 11.8 Å². The number of aliphatic hydroxyl groups is 1. The third kappa shape index (κ3) is 9.94. The van der Waals surface area contributed by atoms with E-state index in [1.54, 1.807) is 0 Å². The van der Waals surface area contributed by atoms with E-state index in [4.69, 9.17) is 10.8 Å². The summed E-state index contributed by atoms with van der Waals surface area (Å²) in [7, 11) is 0. The summed E-state index contributed by atoms with van der Waals surface area (Å²) in [5.74, 6) is 5.08. The van der Waals surface area contributed by atoms with Crippen LogP contribution in [0.4, 0.5) is 0 Å². The normalized spacial score (nSPS) is 11.1. The van der Waals surface area contributed by atoms with Crippen LogP contribution in [-0.4, -0.2) is 42.3 Å². The average Bonchev–Trinajstić information content (AvgIpc) is 2.40. The van der Waals surface area contributed by atoms with Crippen molar-refractivity contribution < 1.29 is 19.5 Å². The van der Waals surface area contributed by atoms with E-state index in [2.05, 4.69) is 17.2 Å². The summed E-state index contributed by atoms with van der Waals surface area (Å²) in [6.45, 7) is 0.183. The van der Waals surface area contributed by atoms with Crippen LogP contribution in [0.2, 0.25) is 0 Å². The summed E-state index contributed by atoms with van der Waals surface area (Å²) >= 11 is 0. The Morgan fingerprint density at radius 2 is 2.11 bits per heavy atom. The highest BCUT2D eigenvalue weighted by Gasteiger charge is 2.10. The first-order chi connectivity index (χ1) is 9.11. The van der Waals surface area contributed by atoms with E-state index in [0.29, 0.717) is 25.5 Å². The topological polar surface area (TPSA) is 109 Å². The molecule has 6 nitrogen and oxygen atoms in total. The van der Waals surface area contributed by atoms with Gasteiger partial charge in [-0.1, -0.05) is 5.92 Å². The first-order valence-corrected chi connectivity index (χ1v) is 6.17. The molecule has 6 heteroatoms. The number of Topliss-reactive ketones (excluding diaryl/α,β-unsaturated/α-hetero) is 1. The van der Waals surface area contributed by atoms with Gasteiger partial charge in [-0.25, -0.2) is 0 Å². The van der Waals surface area contributed by atoms with Gasteiger partial charge in [0.1, 0.15) is 6.29 Å². The van der Waals surface area contributed by atoms with E-state index in [-0.39, 0.29) is 37.7 Å². The van der Waals surface area contributed by atoms with Crippen molar-refractivity contribution in [2.24, 2.45) is 5.73 Å². The smallest absolute Gasteiger partial charge is 0.220 e. The summed E-state index contributed by atoms with van der Waals surface area (Å²) in [5.41, 5.74) is 5.43. The molecule has 0 saturated heterocycles. The molecule has 0 rings (SSSR count). The van der Waals surface area contributed by atoms with Crippen LogP contribution in [0.25, 0.3) is 0 Å². The number of ketones is 1. The Morgan fingerprint density at radius 3 is 2.74 bits per heavy atom. The van der Waals surface area contributed by atoms with Gasteiger partial charge in [0.2, 0.25) is 5.91 Å². The minimum Gasteiger partial charge on any atom is -0.395 e. The van der Waals surface area contributed by atoms with Crippen molar-refractivity contribution in [1.29, 1.82) is 0 Å². The molecule has 0 aromatic heterocycles. The first-order valence-electron chi connectivity index (χ1n) is 6.17. The Bertz CT molecular complexity index is 357. The van der Waals surface area contributed by atoms with Crippen LogP contribution in [0, 0.1) is 11.8 Å². The van der Waals surface area contributed by atoms with E-state index >= 15 is 0 Å². The molecule has 0 aliphatic heterocycles. The van der Waals surface area contributed by atoms with Crippen LogP contribution >= 0.6 is 0 Å². The van der Waals surface area contributed by atoms with Gasteiger partial charge in [-0.15, -0.1) is 5.92 Å². The zero-order valence-electron chi connectivity index (χ0n) is 10.9. The van der Waals surface area contributed by atoms with E-state index in [1.807, 2.05) is 0 Å². The number of rotatable bonds is 9. The molecule has 0 aliphatic carbocycles. The predicted molar refractivity (Wildman–Crippen MR) is 70.0 cm³/mol. The molecule has 0 radical (unpaired) electrons. The van der Waals surface area contributed by atoms with Crippen molar-refractivity contribution in [2.45, 2.75) is 38.1 Å². The Balaban J connectivity index is 3.67. The van der Waals surface area contributed by atoms with Gasteiger partial charge >= 0.3 is 0 Å². The maximum absolute atomic E-state index is 11.3. The Hall–Kier alpha value is -1.71. The molecule has 4 N–H and O–H groups in total. The van der Waals surface area contributed by atoms with Crippen molar-refractivity contribution in [3.63, 3.8) is 0 Å². The zero-order valence-corrected chi connectivity index (χ0v) is 10.9. The van der Waals surface area contributed by atoms with E-state index in [1.165, 1.54) is 0 Å². The molecule has 1 unspecified atom stereocenters. The molecular formula is C13H20N2O4. The summed E-state index contributed by atoms with van der Waals surface area (Å²) in [5, 5.41) is 11.0.